The molecule has 9 nitrogen and oxygen atoms in total. The highest BCUT2D eigenvalue weighted by molar-refractivity contribution is 7.08. The standard InChI is InChI=1S/C19H21N5O4S/c20-16(25)14-8-29-9-15(14)18(27)23-13-4-10(5-13)7-22-17(26)11-2-1-3-12(6-11)24-19(21)28/h1-3,6,8-10,13H,4-5,7H2,(H2,20,25)(H,22,26)(H,23,27)(H3,21,24,28). The molecule has 1 aliphatic rings. The molecule has 1 heterocycles. The lowest BCUT2D eigenvalue weighted by molar-refractivity contribution is 0.0859. The van der Waals surface area contributed by atoms with Crippen molar-refractivity contribution in [1.82, 2.24) is 10.6 Å². The minimum atomic E-state index is -0.699. The van der Waals surface area contributed by atoms with Crippen LogP contribution in [-0.2, 0) is 0 Å². The molecule has 29 heavy (non-hydrogen) atoms. The Labute approximate surface area is 170 Å². The molecule has 1 aromatic carbocycles. The molecule has 1 saturated carbocycles. The van der Waals surface area contributed by atoms with Gasteiger partial charge in [-0.1, -0.05) is 6.07 Å². The Morgan fingerprint density at radius 2 is 1.76 bits per heavy atom. The molecule has 0 spiro atoms. The molecule has 1 aliphatic carbocycles. The molecule has 0 aliphatic heterocycles. The van der Waals surface area contributed by atoms with Crippen LogP contribution in [0.3, 0.4) is 0 Å². The molecular formula is C19H21N5O4S. The van der Waals surface area contributed by atoms with Crippen molar-refractivity contribution >= 4 is 40.8 Å². The average Bonchev–Trinajstić information content (AvgIpc) is 3.13. The van der Waals surface area contributed by atoms with Crippen LogP contribution in [0, 0.1) is 5.92 Å². The fraction of sp³-hybridized carbons (Fsp3) is 0.263. The smallest absolute Gasteiger partial charge is 0.316 e. The van der Waals surface area contributed by atoms with E-state index in [0.29, 0.717) is 23.4 Å². The van der Waals surface area contributed by atoms with Crippen molar-refractivity contribution < 1.29 is 19.2 Å². The van der Waals surface area contributed by atoms with E-state index in [4.69, 9.17) is 11.5 Å². The van der Waals surface area contributed by atoms with Gasteiger partial charge in [-0.3, -0.25) is 14.4 Å². The van der Waals surface area contributed by atoms with Crippen LogP contribution >= 0.6 is 11.3 Å². The second-order valence-corrected chi connectivity index (χ2v) is 7.59. The summed E-state index contributed by atoms with van der Waals surface area (Å²) in [5.74, 6) is -0.948. The van der Waals surface area contributed by atoms with Gasteiger partial charge in [0.25, 0.3) is 11.8 Å². The van der Waals surface area contributed by atoms with Crippen LogP contribution in [0.1, 0.15) is 43.9 Å². The molecule has 3 rings (SSSR count). The van der Waals surface area contributed by atoms with Crippen molar-refractivity contribution in [2.75, 3.05) is 11.9 Å². The lowest BCUT2D eigenvalue weighted by Gasteiger charge is -2.35. The van der Waals surface area contributed by atoms with Crippen LogP contribution in [0.2, 0.25) is 0 Å². The topological polar surface area (TPSA) is 156 Å². The maximum atomic E-state index is 12.3. The van der Waals surface area contributed by atoms with Gasteiger partial charge in [-0.25, -0.2) is 4.79 Å². The van der Waals surface area contributed by atoms with Gasteiger partial charge in [-0.05, 0) is 37.0 Å². The Balaban J connectivity index is 1.43. The van der Waals surface area contributed by atoms with Crippen molar-refractivity contribution in [3.63, 3.8) is 0 Å². The molecule has 0 unspecified atom stereocenters. The summed E-state index contributed by atoms with van der Waals surface area (Å²) in [5.41, 5.74) is 11.7. The van der Waals surface area contributed by atoms with Gasteiger partial charge < -0.3 is 27.4 Å². The first kappa shape index (κ1) is 20.3. The van der Waals surface area contributed by atoms with Gasteiger partial charge in [0, 0.05) is 34.6 Å². The number of rotatable bonds is 7. The summed E-state index contributed by atoms with van der Waals surface area (Å²) in [4.78, 5) is 46.8. The number of nitrogens with two attached hydrogens (primary N) is 2. The van der Waals surface area contributed by atoms with Crippen molar-refractivity contribution in [3.8, 4) is 0 Å². The predicted octanol–water partition coefficient (Wildman–Crippen LogP) is 1.28. The molecule has 1 fully saturated rings. The number of anilines is 1. The van der Waals surface area contributed by atoms with Gasteiger partial charge in [0.2, 0.25) is 5.91 Å². The summed E-state index contributed by atoms with van der Waals surface area (Å²) < 4.78 is 0. The summed E-state index contributed by atoms with van der Waals surface area (Å²) in [6.07, 6.45) is 1.46. The Morgan fingerprint density at radius 1 is 1.03 bits per heavy atom. The number of carbonyl (C=O) groups excluding carboxylic acids is 4. The average molecular weight is 415 g/mol. The van der Waals surface area contributed by atoms with Crippen LogP contribution in [0.5, 0.6) is 0 Å². The number of nitrogens with one attached hydrogen (secondary N) is 3. The van der Waals surface area contributed by atoms with Crippen molar-refractivity contribution in [3.05, 3.63) is 51.7 Å². The lowest BCUT2D eigenvalue weighted by atomic mass is 9.80. The Hall–Kier alpha value is -3.40. The molecule has 152 valence electrons. The molecule has 1 aromatic heterocycles. The molecule has 7 N–H and O–H groups in total. The zero-order chi connectivity index (χ0) is 21.0. The second-order valence-electron chi connectivity index (χ2n) is 6.85. The Bertz CT molecular complexity index is 952. The molecule has 0 radical (unpaired) electrons. The van der Waals surface area contributed by atoms with E-state index in [-0.39, 0.29) is 29.3 Å². The van der Waals surface area contributed by atoms with Crippen LogP contribution in [0.15, 0.2) is 35.0 Å². The molecule has 2 aromatic rings. The van der Waals surface area contributed by atoms with E-state index < -0.39 is 11.9 Å². The summed E-state index contributed by atoms with van der Waals surface area (Å²) in [6, 6.07) is 5.77. The fourth-order valence-electron chi connectivity index (χ4n) is 3.17. The van der Waals surface area contributed by atoms with Crippen molar-refractivity contribution in [2.24, 2.45) is 17.4 Å². The number of primary amides is 2. The molecule has 0 atom stereocenters. The SMILES string of the molecule is NC(=O)Nc1cccc(C(=O)NCC2CC(NC(=O)c3cscc3C(N)=O)C2)c1. The van der Waals surface area contributed by atoms with Gasteiger partial charge in [0.15, 0.2) is 0 Å². The van der Waals surface area contributed by atoms with Crippen molar-refractivity contribution in [1.29, 1.82) is 0 Å². The highest BCUT2D eigenvalue weighted by atomic mass is 32.1. The first-order valence-corrected chi connectivity index (χ1v) is 9.89. The number of carbonyl (C=O) groups is 4. The number of benzene rings is 1. The van der Waals surface area contributed by atoms with Gasteiger partial charge in [0.05, 0.1) is 11.1 Å². The van der Waals surface area contributed by atoms with E-state index in [9.17, 15) is 19.2 Å². The number of hydrogen-bond donors (Lipinski definition) is 5. The highest BCUT2D eigenvalue weighted by Gasteiger charge is 2.31. The first-order chi connectivity index (χ1) is 13.8. The van der Waals surface area contributed by atoms with Gasteiger partial charge in [0.1, 0.15) is 0 Å². The molecular weight excluding hydrogens is 394 g/mol. The maximum absolute atomic E-state index is 12.3. The van der Waals surface area contributed by atoms with Crippen LogP contribution in [0.4, 0.5) is 10.5 Å². The van der Waals surface area contributed by atoms with Gasteiger partial charge >= 0.3 is 6.03 Å². The summed E-state index contributed by atoms with van der Waals surface area (Å²) in [7, 11) is 0. The second kappa shape index (κ2) is 8.74. The summed E-state index contributed by atoms with van der Waals surface area (Å²) in [6.45, 7) is 0.476. The fourth-order valence-corrected chi connectivity index (χ4v) is 3.98. The van der Waals surface area contributed by atoms with E-state index >= 15 is 0 Å². The number of urea groups is 1. The van der Waals surface area contributed by atoms with Gasteiger partial charge in [-0.2, -0.15) is 11.3 Å². The summed E-state index contributed by atoms with van der Waals surface area (Å²) >= 11 is 1.25. The third-order valence-corrected chi connectivity index (χ3v) is 5.43. The minimum absolute atomic E-state index is 0.00637. The Kier molecular flexibility index (Phi) is 6.13. The molecule has 10 heteroatoms. The van der Waals surface area contributed by atoms with E-state index in [0.717, 1.165) is 12.8 Å². The highest BCUT2D eigenvalue weighted by Crippen LogP contribution is 2.27. The van der Waals surface area contributed by atoms with Gasteiger partial charge in [-0.15, -0.1) is 0 Å². The lowest BCUT2D eigenvalue weighted by Crippen LogP contribution is -2.47. The zero-order valence-electron chi connectivity index (χ0n) is 15.4. The van der Waals surface area contributed by atoms with Crippen LogP contribution < -0.4 is 27.4 Å². The molecule has 0 bridgehead atoms. The van der Waals surface area contributed by atoms with Crippen LogP contribution in [0.25, 0.3) is 0 Å². The summed E-state index contributed by atoms with van der Waals surface area (Å²) in [5, 5.41) is 11.3. The molecule has 5 amide bonds. The number of thiophene rings is 1. The number of hydrogen-bond acceptors (Lipinski definition) is 5. The monoisotopic (exact) mass is 415 g/mol. The first-order valence-electron chi connectivity index (χ1n) is 8.95. The third-order valence-electron chi connectivity index (χ3n) is 4.69. The van der Waals surface area contributed by atoms with E-state index in [1.807, 2.05) is 0 Å². The van der Waals surface area contributed by atoms with E-state index in [1.54, 1.807) is 35.0 Å². The number of amides is 5. The van der Waals surface area contributed by atoms with Crippen molar-refractivity contribution in [2.45, 2.75) is 18.9 Å². The third kappa shape index (κ3) is 5.11. The zero-order valence-corrected chi connectivity index (χ0v) is 16.3. The normalized spacial score (nSPS) is 17.7. The molecule has 0 saturated heterocycles. The largest absolute Gasteiger partial charge is 0.366 e. The Morgan fingerprint density at radius 3 is 2.45 bits per heavy atom. The van der Waals surface area contributed by atoms with E-state index in [2.05, 4.69) is 16.0 Å². The minimum Gasteiger partial charge on any atom is -0.366 e. The quantitative estimate of drug-likeness (QED) is 0.461. The maximum Gasteiger partial charge on any atom is 0.316 e. The van der Waals surface area contributed by atoms with E-state index in [1.165, 1.54) is 11.3 Å². The van der Waals surface area contributed by atoms with Crippen LogP contribution in [-0.4, -0.2) is 36.3 Å². The predicted molar refractivity (Wildman–Crippen MR) is 109 cm³/mol.